The summed E-state index contributed by atoms with van der Waals surface area (Å²) in [5.41, 5.74) is 2.43. The third kappa shape index (κ3) is 6.25. The number of urea groups is 1. The van der Waals surface area contributed by atoms with Crippen LogP contribution in [0.25, 0.3) is 0 Å². The van der Waals surface area contributed by atoms with Crippen molar-refractivity contribution in [3.05, 3.63) is 29.8 Å². The summed E-state index contributed by atoms with van der Waals surface area (Å²) >= 11 is 0. The van der Waals surface area contributed by atoms with Crippen LogP contribution in [0.1, 0.15) is 58.9 Å². The lowest BCUT2D eigenvalue weighted by atomic mass is 9.93. The Bertz CT molecular complexity index is 659. The lowest BCUT2D eigenvalue weighted by Gasteiger charge is -2.41. The number of imide groups is 1. The fourth-order valence-electron chi connectivity index (χ4n) is 3.91. The van der Waals surface area contributed by atoms with Gasteiger partial charge in [-0.05, 0) is 50.3 Å². The van der Waals surface area contributed by atoms with Crippen molar-refractivity contribution in [2.24, 2.45) is 11.8 Å². The molecule has 1 saturated heterocycles. The molecule has 0 saturated carbocycles. The van der Waals surface area contributed by atoms with Crippen molar-refractivity contribution in [2.45, 2.75) is 66.3 Å². The van der Waals surface area contributed by atoms with Gasteiger partial charge in [-0.15, -0.1) is 0 Å². The van der Waals surface area contributed by atoms with Crippen LogP contribution in [-0.2, 0) is 4.79 Å². The van der Waals surface area contributed by atoms with Crippen LogP contribution >= 0.6 is 0 Å². The Morgan fingerprint density at radius 3 is 2.54 bits per heavy atom. The molecule has 1 heterocycles. The predicted octanol–water partition coefficient (Wildman–Crippen LogP) is 4.59. The molecule has 1 aromatic carbocycles. The summed E-state index contributed by atoms with van der Waals surface area (Å²) in [5.74, 6) is 0.391. The standard InChI is InChI=1S/C23H37N3O2/c1-6-8-20(12-11-17(2)3)22(27)24-23(28)25-13-14-26(19(5)16-25)21-10-7-9-18(4)15-21/h7,9-10,15,17,19-20H,6,8,11-14,16H2,1-5H3,(H,24,27,28)/t19-,20+/m1/s1. The van der Waals surface area contributed by atoms with Gasteiger partial charge in [0.15, 0.2) is 0 Å². The molecule has 1 N–H and O–H groups in total. The lowest BCUT2D eigenvalue weighted by molar-refractivity contribution is -0.124. The van der Waals surface area contributed by atoms with E-state index in [1.165, 1.54) is 11.3 Å². The normalized spacial score (nSPS) is 18.3. The summed E-state index contributed by atoms with van der Waals surface area (Å²) in [6.07, 6.45) is 3.65. The van der Waals surface area contributed by atoms with Gasteiger partial charge in [0.2, 0.25) is 5.91 Å². The molecular weight excluding hydrogens is 350 g/mol. The largest absolute Gasteiger partial charge is 0.365 e. The highest BCUT2D eigenvalue weighted by atomic mass is 16.2. The Morgan fingerprint density at radius 1 is 1.18 bits per heavy atom. The summed E-state index contributed by atoms with van der Waals surface area (Å²) in [5, 5.41) is 2.67. The molecular formula is C23H37N3O2. The van der Waals surface area contributed by atoms with Crippen molar-refractivity contribution >= 4 is 17.6 Å². The number of nitrogens with one attached hydrogen (secondary N) is 1. The zero-order valence-electron chi connectivity index (χ0n) is 18.2. The van der Waals surface area contributed by atoms with Gasteiger partial charge < -0.3 is 9.80 Å². The van der Waals surface area contributed by atoms with E-state index in [0.717, 1.165) is 32.2 Å². The quantitative estimate of drug-likeness (QED) is 0.744. The molecule has 0 radical (unpaired) electrons. The molecule has 0 bridgehead atoms. The van der Waals surface area contributed by atoms with Crippen LogP contribution in [0.5, 0.6) is 0 Å². The van der Waals surface area contributed by atoms with Crippen LogP contribution < -0.4 is 10.2 Å². The highest BCUT2D eigenvalue weighted by molar-refractivity contribution is 5.95. The van der Waals surface area contributed by atoms with Gasteiger partial charge in [0.1, 0.15) is 0 Å². The van der Waals surface area contributed by atoms with Gasteiger partial charge in [-0.2, -0.15) is 0 Å². The number of nitrogens with zero attached hydrogens (tertiary/aromatic N) is 2. The van der Waals surface area contributed by atoms with E-state index in [1.807, 2.05) is 0 Å². The molecule has 2 rings (SSSR count). The van der Waals surface area contributed by atoms with E-state index in [4.69, 9.17) is 0 Å². The first kappa shape index (κ1) is 22.3. The van der Waals surface area contributed by atoms with Crippen LogP contribution in [0.3, 0.4) is 0 Å². The van der Waals surface area contributed by atoms with E-state index in [0.29, 0.717) is 19.0 Å². The van der Waals surface area contributed by atoms with Crippen molar-refractivity contribution in [1.82, 2.24) is 10.2 Å². The smallest absolute Gasteiger partial charge is 0.324 e. The fourth-order valence-corrected chi connectivity index (χ4v) is 3.91. The number of piperazine rings is 1. The summed E-state index contributed by atoms with van der Waals surface area (Å²) in [6.45, 7) is 12.7. The van der Waals surface area contributed by atoms with Gasteiger partial charge in [0, 0.05) is 37.3 Å². The molecule has 2 atom stereocenters. The minimum absolute atomic E-state index is 0.0673. The molecule has 1 fully saturated rings. The summed E-state index contributed by atoms with van der Waals surface area (Å²) in [6, 6.07) is 8.43. The number of carbonyl (C=O) groups is 2. The minimum Gasteiger partial charge on any atom is -0.365 e. The van der Waals surface area contributed by atoms with Crippen molar-refractivity contribution < 1.29 is 9.59 Å². The van der Waals surface area contributed by atoms with E-state index in [2.05, 4.69) is 69.1 Å². The maximum absolute atomic E-state index is 12.7. The van der Waals surface area contributed by atoms with Gasteiger partial charge in [-0.3, -0.25) is 10.1 Å². The molecule has 0 unspecified atom stereocenters. The monoisotopic (exact) mass is 387 g/mol. The second-order valence-electron chi connectivity index (χ2n) is 8.58. The first-order chi connectivity index (χ1) is 13.3. The average Bonchev–Trinajstić information content (AvgIpc) is 2.64. The Hall–Kier alpha value is -2.04. The summed E-state index contributed by atoms with van der Waals surface area (Å²) in [4.78, 5) is 29.4. The van der Waals surface area contributed by atoms with Gasteiger partial charge in [-0.25, -0.2) is 4.79 Å². The predicted molar refractivity (Wildman–Crippen MR) is 116 cm³/mol. The van der Waals surface area contributed by atoms with Gasteiger partial charge in [0.25, 0.3) is 0 Å². The highest BCUT2D eigenvalue weighted by Gasteiger charge is 2.29. The van der Waals surface area contributed by atoms with E-state index < -0.39 is 0 Å². The zero-order chi connectivity index (χ0) is 20.7. The topological polar surface area (TPSA) is 52.7 Å². The fraction of sp³-hybridized carbons (Fsp3) is 0.652. The van der Waals surface area contributed by atoms with Gasteiger partial charge in [-0.1, -0.05) is 45.7 Å². The molecule has 0 aliphatic carbocycles. The van der Waals surface area contributed by atoms with Crippen molar-refractivity contribution in [3.8, 4) is 0 Å². The number of amides is 3. The van der Waals surface area contributed by atoms with Crippen LogP contribution in [0.2, 0.25) is 0 Å². The molecule has 28 heavy (non-hydrogen) atoms. The second kappa shape index (κ2) is 10.5. The molecule has 0 spiro atoms. The van der Waals surface area contributed by atoms with Crippen LogP contribution in [0.4, 0.5) is 10.5 Å². The molecule has 1 aromatic rings. The third-order valence-corrected chi connectivity index (χ3v) is 5.58. The van der Waals surface area contributed by atoms with E-state index in [9.17, 15) is 9.59 Å². The van der Waals surface area contributed by atoms with Crippen molar-refractivity contribution in [1.29, 1.82) is 0 Å². The maximum atomic E-state index is 12.7. The first-order valence-corrected chi connectivity index (χ1v) is 10.7. The van der Waals surface area contributed by atoms with Crippen LogP contribution in [0.15, 0.2) is 24.3 Å². The summed E-state index contributed by atoms with van der Waals surface area (Å²) in [7, 11) is 0. The van der Waals surface area contributed by atoms with E-state index in [1.54, 1.807) is 4.90 Å². The number of aryl methyl sites for hydroxylation is 1. The van der Waals surface area contributed by atoms with Gasteiger partial charge in [0.05, 0.1) is 0 Å². The number of benzene rings is 1. The maximum Gasteiger partial charge on any atom is 0.324 e. The number of anilines is 1. The summed E-state index contributed by atoms with van der Waals surface area (Å²) < 4.78 is 0. The van der Waals surface area contributed by atoms with E-state index >= 15 is 0 Å². The Labute approximate surface area is 170 Å². The molecule has 3 amide bonds. The number of hydrogen-bond acceptors (Lipinski definition) is 3. The molecule has 1 aliphatic heterocycles. The third-order valence-electron chi connectivity index (χ3n) is 5.58. The minimum atomic E-state index is -0.244. The SMILES string of the molecule is CCC[C@@H](CCC(C)C)C(=O)NC(=O)N1CCN(c2cccc(C)c2)[C@H](C)C1. The number of hydrogen-bond donors (Lipinski definition) is 1. The Balaban J connectivity index is 1.91. The van der Waals surface area contributed by atoms with Crippen molar-refractivity contribution in [3.63, 3.8) is 0 Å². The molecule has 0 aromatic heterocycles. The average molecular weight is 388 g/mol. The zero-order valence-corrected chi connectivity index (χ0v) is 18.2. The van der Waals surface area contributed by atoms with Gasteiger partial charge >= 0.3 is 6.03 Å². The molecule has 156 valence electrons. The van der Waals surface area contributed by atoms with Crippen LogP contribution in [0, 0.1) is 18.8 Å². The highest BCUT2D eigenvalue weighted by Crippen LogP contribution is 2.22. The lowest BCUT2D eigenvalue weighted by Crippen LogP contribution is -2.57. The Morgan fingerprint density at radius 2 is 1.93 bits per heavy atom. The molecule has 5 heteroatoms. The van der Waals surface area contributed by atoms with E-state index in [-0.39, 0.29) is 23.9 Å². The number of rotatable bonds is 7. The molecule has 5 nitrogen and oxygen atoms in total. The molecule has 1 aliphatic rings. The second-order valence-corrected chi connectivity index (χ2v) is 8.58. The van der Waals surface area contributed by atoms with Crippen molar-refractivity contribution in [2.75, 3.05) is 24.5 Å². The number of carbonyl (C=O) groups excluding carboxylic acids is 2. The van der Waals surface area contributed by atoms with Crippen LogP contribution in [-0.4, -0.2) is 42.5 Å². The first-order valence-electron chi connectivity index (χ1n) is 10.7. The Kier molecular flexibility index (Phi) is 8.34.